The largest absolute Gasteiger partial charge is 0.380 e. The number of halogens is 2. The van der Waals surface area contributed by atoms with Gasteiger partial charge in [0.05, 0.1) is 4.92 Å². The highest BCUT2D eigenvalue weighted by Gasteiger charge is 2.09. The van der Waals surface area contributed by atoms with Crippen molar-refractivity contribution in [1.82, 2.24) is 0 Å². The van der Waals surface area contributed by atoms with E-state index in [2.05, 4.69) is 37.2 Å². The molecule has 0 spiro atoms. The van der Waals surface area contributed by atoms with Crippen molar-refractivity contribution in [2.45, 2.75) is 13.5 Å². The highest BCUT2D eigenvalue weighted by molar-refractivity contribution is 9.10. The second-order valence-electron chi connectivity index (χ2n) is 4.41. The van der Waals surface area contributed by atoms with Gasteiger partial charge in [0.2, 0.25) is 0 Å². The second-order valence-corrected chi connectivity index (χ2v) is 6.18. The third kappa shape index (κ3) is 3.80. The van der Waals surface area contributed by atoms with Gasteiger partial charge < -0.3 is 5.32 Å². The molecule has 0 atom stereocenters. The van der Waals surface area contributed by atoms with Crippen molar-refractivity contribution in [2.24, 2.45) is 0 Å². The summed E-state index contributed by atoms with van der Waals surface area (Å²) < 4.78 is 1.67. The van der Waals surface area contributed by atoms with Crippen LogP contribution in [0.1, 0.15) is 11.1 Å². The first-order chi connectivity index (χ1) is 9.45. The van der Waals surface area contributed by atoms with Gasteiger partial charge in [-0.15, -0.1) is 0 Å². The zero-order valence-electron chi connectivity index (χ0n) is 10.7. The van der Waals surface area contributed by atoms with Gasteiger partial charge in [-0.1, -0.05) is 22.0 Å². The van der Waals surface area contributed by atoms with Crippen molar-refractivity contribution in [3.63, 3.8) is 0 Å². The van der Waals surface area contributed by atoms with Crippen LogP contribution in [0.25, 0.3) is 0 Å². The number of benzene rings is 2. The molecule has 0 aliphatic rings. The molecule has 0 amide bonds. The van der Waals surface area contributed by atoms with E-state index in [1.807, 2.05) is 31.2 Å². The highest BCUT2D eigenvalue weighted by Crippen LogP contribution is 2.25. The van der Waals surface area contributed by atoms with Gasteiger partial charge >= 0.3 is 0 Å². The summed E-state index contributed by atoms with van der Waals surface area (Å²) >= 11 is 6.77. The Labute approximate surface area is 133 Å². The second kappa shape index (κ2) is 6.37. The molecular formula is C14H12Br2N2O2. The fraction of sp³-hybridized carbons (Fsp3) is 0.143. The third-order valence-electron chi connectivity index (χ3n) is 2.76. The number of nitrogens with one attached hydrogen (secondary N) is 1. The summed E-state index contributed by atoms with van der Waals surface area (Å²) in [5.41, 5.74) is 3.04. The lowest BCUT2D eigenvalue weighted by Gasteiger charge is -2.10. The first kappa shape index (κ1) is 15.0. The maximum atomic E-state index is 10.8. The molecule has 0 saturated carbocycles. The van der Waals surface area contributed by atoms with E-state index < -0.39 is 4.92 Å². The van der Waals surface area contributed by atoms with Crippen LogP contribution in [0.3, 0.4) is 0 Å². The fourth-order valence-electron chi connectivity index (χ4n) is 1.81. The van der Waals surface area contributed by atoms with Crippen molar-refractivity contribution < 1.29 is 4.92 Å². The molecule has 1 N–H and O–H groups in total. The molecular weight excluding hydrogens is 388 g/mol. The minimum atomic E-state index is -0.392. The molecule has 0 saturated heterocycles. The molecule has 6 heteroatoms. The van der Waals surface area contributed by atoms with Gasteiger partial charge in [0.15, 0.2) is 0 Å². The van der Waals surface area contributed by atoms with Gasteiger partial charge in [0, 0.05) is 33.3 Å². The average molecular weight is 400 g/mol. The summed E-state index contributed by atoms with van der Waals surface area (Å²) in [4.78, 5) is 10.4. The lowest BCUT2D eigenvalue weighted by Crippen LogP contribution is -2.01. The van der Waals surface area contributed by atoms with E-state index in [-0.39, 0.29) is 5.69 Å². The number of hydrogen-bond donors (Lipinski definition) is 1. The molecule has 0 heterocycles. The molecule has 20 heavy (non-hydrogen) atoms. The summed E-state index contributed by atoms with van der Waals surface area (Å²) in [6.45, 7) is 2.53. The summed E-state index contributed by atoms with van der Waals surface area (Å²) in [6, 6.07) is 10.9. The number of hydrogen-bond acceptors (Lipinski definition) is 3. The summed E-state index contributed by atoms with van der Waals surface area (Å²) in [5.74, 6) is 0. The first-order valence-corrected chi connectivity index (χ1v) is 7.48. The van der Waals surface area contributed by atoms with Crippen molar-refractivity contribution in [2.75, 3.05) is 5.32 Å². The Kier molecular flexibility index (Phi) is 4.77. The van der Waals surface area contributed by atoms with Crippen LogP contribution in [0.2, 0.25) is 0 Å². The van der Waals surface area contributed by atoms with Crippen LogP contribution in [0.4, 0.5) is 11.4 Å². The molecule has 0 aliphatic carbocycles. The van der Waals surface area contributed by atoms with E-state index in [9.17, 15) is 10.1 Å². The molecule has 0 aromatic heterocycles. The van der Waals surface area contributed by atoms with E-state index in [4.69, 9.17) is 0 Å². The Morgan fingerprint density at radius 1 is 1.20 bits per heavy atom. The van der Waals surface area contributed by atoms with Gasteiger partial charge in [-0.25, -0.2) is 0 Å². The van der Waals surface area contributed by atoms with Crippen molar-refractivity contribution in [3.8, 4) is 0 Å². The van der Waals surface area contributed by atoms with Crippen LogP contribution >= 0.6 is 31.9 Å². The summed E-state index contributed by atoms with van der Waals surface area (Å²) in [6.07, 6.45) is 0. The maximum absolute atomic E-state index is 10.8. The van der Waals surface area contributed by atoms with Gasteiger partial charge in [-0.2, -0.15) is 0 Å². The minimum absolute atomic E-state index is 0.0829. The average Bonchev–Trinajstić information content (AvgIpc) is 2.39. The standard InChI is InChI=1S/C14H12Br2N2O2/c1-9-2-3-13(16)14(4-9)17-8-10-5-11(15)7-12(6-10)18(19)20/h2-7,17H,8H2,1H3. The molecule has 0 bridgehead atoms. The topological polar surface area (TPSA) is 55.2 Å². The number of nitro groups is 1. The van der Waals surface area contributed by atoms with Crippen LogP contribution in [0, 0.1) is 17.0 Å². The molecule has 0 radical (unpaired) electrons. The predicted molar refractivity (Wildman–Crippen MR) is 87.0 cm³/mol. The van der Waals surface area contributed by atoms with Crippen LogP contribution in [0.15, 0.2) is 45.3 Å². The Bertz CT molecular complexity index is 660. The van der Waals surface area contributed by atoms with Gasteiger partial charge in [0.1, 0.15) is 0 Å². The van der Waals surface area contributed by atoms with Gasteiger partial charge in [0.25, 0.3) is 5.69 Å². The summed E-state index contributed by atoms with van der Waals surface area (Å²) in [5, 5.41) is 14.1. The van der Waals surface area contributed by atoms with E-state index in [1.54, 1.807) is 6.07 Å². The molecule has 0 unspecified atom stereocenters. The molecule has 2 aromatic carbocycles. The third-order valence-corrected chi connectivity index (χ3v) is 3.91. The molecule has 0 aliphatic heterocycles. The predicted octanol–water partition coefficient (Wildman–Crippen LogP) is 5.04. The van der Waals surface area contributed by atoms with Crippen molar-refractivity contribution >= 4 is 43.2 Å². The number of aryl methyl sites for hydroxylation is 1. The zero-order chi connectivity index (χ0) is 14.7. The zero-order valence-corrected chi connectivity index (χ0v) is 13.9. The van der Waals surface area contributed by atoms with Gasteiger partial charge in [-0.05, 0) is 52.2 Å². The quantitative estimate of drug-likeness (QED) is 0.578. The number of rotatable bonds is 4. The monoisotopic (exact) mass is 398 g/mol. The molecule has 2 aromatic rings. The first-order valence-electron chi connectivity index (χ1n) is 5.89. The normalized spacial score (nSPS) is 10.3. The van der Waals surface area contributed by atoms with Crippen molar-refractivity contribution in [3.05, 3.63) is 66.6 Å². The Morgan fingerprint density at radius 2 is 1.95 bits per heavy atom. The van der Waals surface area contributed by atoms with Crippen molar-refractivity contribution in [1.29, 1.82) is 0 Å². The number of nitrogens with zero attached hydrogens (tertiary/aromatic N) is 1. The minimum Gasteiger partial charge on any atom is -0.380 e. The molecule has 104 valence electrons. The van der Waals surface area contributed by atoms with E-state index >= 15 is 0 Å². The van der Waals surface area contributed by atoms with Crippen LogP contribution in [-0.4, -0.2) is 4.92 Å². The van der Waals surface area contributed by atoms with E-state index in [0.717, 1.165) is 21.3 Å². The van der Waals surface area contributed by atoms with Crippen LogP contribution in [0.5, 0.6) is 0 Å². The fourth-order valence-corrected chi connectivity index (χ4v) is 2.73. The van der Waals surface area contributed by atoms with E-state index in [1.165, 1.54) is 6.07 Å². The molecule has 2 rings (SSSR count). The lowest BCUT2D eigenvalue weighted by molar-refractivity contribution is -0.385. The van der Waals surface area contributed by atoms with Gasteiger partial charge in [-0.3, -0.25) is 10.1 Å². The Hall–Kier alpha value is -1.40. The molecule has 4 nitrogen and oxygen atoms in total. The summed E-state index contributed by atoms with van der Waals surface area (Å²) in [7, 11) is 0. The number of nitro benzene ring substituents is 1. The number of anilines is 1. The SMILES string of the molecule is Cc1ccc(Br)c(NCc2cc(Br)cc([N+](=O)[O-])c2)c1. The smallest absolute Gasteiger partial charge is 0.270 e. The Balaban J connectivity index is 2.18. The highest BCUT2D eigenvalue weighted by atomic mass is 79.9. The van der Waals surface area contributed by atoms with Crippen LogP contribution in [-0.2, 0) is 6.54 Å². The lowest BCUT2D eigenvalue weighted by atomic mass is 10.2. The van der Waals surface area contributed by atoms with E-state index in [0.29, 0.717) is 11.0 Å². The molecule has 0 fully saturated rings. The maximum Gasteiger partial charge on any atom is 0.270 e. The number of non-ortho nitro benzene ring substituents is 1. The Morgan fingerprint density at radius 3 is 2.65 bits per heavy atom. The van der Waals surface area contributed by atoms with Crippen LogP contribution < -0.4 is 5.32 Å².